The van der Waals surface area contributed by atoms with E-state index in [9.17, 15) is 0 Å². The Labute approximate surface area is 253 Å². The minimum atomic E-state index is 0.901. The molecule has 0 N–H and O–H groups in total. The molecule has 0 atom stereocenters. The fraction of sp³-hybridized carbons (Fsp3) is 0. The number of hydrogen-bond donors (Lipinski definition) is 0. The van der Waals surface area contributed by atoms with Gasteiger partial charge in [0.1, 0.15) is 11.2 Å². The number of nitrogens with zero attached hydrogens (tertiary/aromatic N) is 1. The zero-order valence-electron chi connectivity index (χ0n) is 23.8. The predicted octanol–water partition coefficient (Wildman–Crippen LogP) is 11.8. The van der Waals surface area contributed by atoms with Gasteiger partial charge in [0.05, 0.1) is 11.0 Å². The SMILES string of the molecule is c1ccc2c(c1)c1ccccc1c1cc(-c3ccc4oc5ccc(-n6c7ccccc7c7ccccc76)cc5c4c3)ccc21. The molecular weight excluding hydrogens is 534 g/mol. The normalized spacial score (nSPS) is 12.1. The number of hydrogen-bond acceptors (Lipinski definition) is 1. The van der Waals surface area contributed by atoms with Gasteiger partial charge in [-0.1, -0.05) is 103 Å². The molecule has 2 aromatic heterocycles. The Bertz CT molecular complexity index is 2690. The summed E-state index contributed by atoms with van der Waals surface area (Å²) in [5, 5.41) is 12.5. The van der Waals surface area contributed by atoms with Gasteiger partial charge >= 0.3 is 0 Å². The molecule has 204 valence electrons. The van der Waals surface area contributed by atoms with Crippen molar-refractivity contribution in [1.82, 2.24) is 4.57 Å². The number of fused-ring (bicyclic) bond motifs is 12. The van der Waals surface area contributed by atoms with E-state index in [-0.39, 0.29) is 0 Å². The monoisotopic (exact) mass is 559 g/mol. The van der Waals surface area contributed by atoms with Crippen LogP contribution in [0.3, 0.4) is 0 Å². The van der Waals surface area contributed by atoms with Crippen molar-refractivity contribution < 1.29 is 4.42 Å². The van der Waals surface area contributed by atoms with Crippen molar-refractivity contribution in [3.63, 3.8) is 0 Å². The smallest absolute Gasteiger partial charge is 0.135 e. The van der Waals surface area contributed by atoms with Gasteiger partial charge in [-0.15, -0.1) is 0 Å². The highest BCUT2D eigenvalue weighted by Crippen LogP contribution is 2.39. The molecule has 10 aromatic rings. The largest absolute Gasteiger partial charge is 0.456 e. The highest BCUT2D eigenvalue weighted by molar-refractivity contribution is 6.25. The summed E-state index contributed by atoms with van der Waals surface area (Å²) in [5.41, 5.74) is 7.73. The quantitative estimate of drug-likeness (QED) is 0.193. The number of furan rings is 1. The Kier molecular flexibility index (Phi) is 4.75. The second kappa shape index (κ2) is 8.82. The standard InChI is InChI=1S/C42H25NO/c1-2-11-31-29(9-1)30-10-3-4-12-32(30)36-23-26(17-20-33(31)36)27-18-21-41-37(24-27)38-25-28(19-22-42(38)44-41)43-39-15-7-5-13-34(39)35-14-6-8-16-40(35)43/h1-25H. The molecule has 2 nitrogen and oxygen atoms in total. The van der Waals surface area contributed by atoms with Crippen molar-refractivity contribution in [2.45, 2.75) is 0 Å². The molecule has 0 radical (unpaired) electrons. The maximum atomic E-state index is 6.36. The average Bonchev–Trinajstić information content (AvgIpc) is 3.63. The lowest BCUT2D eigenvalue weighted by Crippen LogP contribution is -1.93. The van der Waals surface area contributed by atoms with Crippen molar-refractivity contribution in [2.24, 2.45) is 0 Å². The third-order valence-corrected chi connectivity index (χ3v) is 9.37. The molecule has 44 heavy (non-hydrogen) atoms. The van der Waals surface area contributed by atoms with Gasteiger partial charge in [0.2, 0.25) is 0 Å². The molecule has 0 bridgehead atoms. The second-order valence-corrected chi connectivity index (χ2v) is 11.7. The van der Waals surface area contributed by atoms with Gasteiger partial charge < -0.3 is 8.98 Å². The van der Waals surface area contributed by atoms with Gasteiger partial charge in [-0.3, -0.25) is 0 Å². The fourth-order valence-electron chi connectivity index (χ4n) is 7.37. The number of para-hydroxylation sites is 2. The zero-order chi connectivity index (χ0) is 28.8. The van der Waals surface area contributed by atoms with E-state index < -0.39 is 0 Å². The first kappa shape index (κ1) is 23.7. The Balaban J connectivity index is 1.19. The molecule has 10 rings (SSSR count). The first-order chi connectivity index (χ1) is 21.8. The molecular formula is C42H25NO. The molecule has 0 amide bonds. The first-order valence-electron chi connectivity index (χ1n) is 15.1. The van der Waals surface area contributed by atoms with Crippen LogP contribution in [0.15, 0.2) is 156 Å². The van der Waals surface area contributed by atoms with E-state index in [1.54, 1.807) is 0 Å². The Morgan fingerprint density at radius 1 is 0.318 bits per heavy atom. The van der Waals surface area contributed by atoms with Gasteiger partial charge in [-0.25, -0.2) is 0 Å². The summed E-state index contributed by atoms with van der Waals surface area (Å²) in [6.45, 7) is 0. The summed E-state index contributed by atoms with van der Waals surface area (Å²) in [4.78, 5) is 0. The van der Waals surface area contributed by atoms with Crippen LogP contribution in [0.25, 0.3) is 92.9 Å². The molecule has 8 aromatic carbocycles. The maximum Gasteiger partial charge on any atom is 0.135 e. The highest BCUT2D eigenvalue weighted by Gasteiger charge is 2.15. The summed E-state index contributed by atoms with van der Waals surface area (Å²) in [6, 6.07) is 54.9. The molecule has 2 heterocycles. The second-order valence-electron chi connectivity index (χ2n) is 11.7. The van der Waals surface area contributed by atoms with E-state index in [4.69, 9.17) is 4.42 Å². The van der Waals surface area contributed by atoms with E-state index in [0.717, 1.165) is 27.6 Å². The summed E-state index contributed by atoms with van der Waals surface area (Å²) in [6.07, 6.45) is 0. The van der Waals surface area contributed by atoms with E-state index >= 15 is 0 Å². The van der Waals surface area contributed by atoms with Crippen LogP contribution in [0.4, 0.5) is 0 Å². The van der Waals surface area contributed by atoms with Gasteiger partial charge in [0, 0.05) is 27.2 Å². The van der Waals surface area contributed by atoms with Crippen LogP contribution in [0, 0.1) is 0 Å². The van der Waals surface area contributed by atoms with E-state index in [1.165, 1.54) is 65.3 Å². The first-order valence-corrected chi connectivity index (χ1v) is 15.1. The lowest BCUT2D eigenvalue weighted by Gasteiger charge is -2.12. The number of benzene rings is 8. The van der Waals surface area contributed by atoms with Crippen molar-refractivity contribution in [2.75, 3.05) is 0 Å². The topological polar surface area (TPSA) is 18.1 Å². The molecule has 0 aliphatic heterocycles. The fourth-order valence-corrected chi connectivity index (χ4v) is 7.37. The predicted molar refractivity (Wildman–Crippen MR) is 186 cm³/mol. The Morgan fingerprint density at radius 3 is 1.36 bits per heavy atom. The van der Waals surface area contributed by atoms with Gasteiger partial charge in [0.25, 0.3) is 0 Å². The van der Waals surface area contributed by atoms with E-state index in [0.29, 0.717) is 0 Å². The van der Waals surface area contributed by atoms with Crippen molar-refractivity contribution >= 4 is 76.1 Å². The average molecular weight is 560 g/mol. The van der Waals surface area contributed by atoms with Crippen LogP contribution in [0.2, 0.25) is 0 Å². The van der Waals surface area contributed by atoms with Crippen LogP contribution >= 0.6 is 0 Å². The van der Waals surface area contributed by atoms with Crippen molar-refractivity contribution in [3.05, 3.63) is 152 Å². The lowest BCUT2D eigenvalue weighted by molar-refractivity contribution is 0.669. The minimum Gasteiger partial charge on any atom is -0.456 e. The molecule has 0 fully saturated rings. The summed E-state index contributed by atoms with van der Waals surface area (Å²) in [7, 11) is 0. The molecule has 0 aliphatic carbocycles. The lowest BCUT2D eigenvalue weighted by atomic mass is 9.92. The van der Waals surface area contributed by atoms with Gasteiger partial charge in [-0.2, -0.15) is 0 Å². The third kappa shape index (κ3) is 3.25. The number of aromatic nitrogens is 1. The molecule has 0 spiro atoms. The van der Waals surface area contributed by atoms with Crippen LogP contribution in [0.1, 0.15) is 0 Å². The summed E-state index contributed by atoms with van der Waals surface area (Å²) >= 11 is 0. The molecule has 0 unspecified atom stereocenters. The minimum absolute atomic E-state index is 0.901. The van der Waals surface area contributed by atoms with E-state index in [2.05, 4.69) is 156 Å². The Hall–Kier alpha value is -5.86. The zero-order valence-corrected chi connectivity index (χ0v) is 23.8. The summed E-state index contributed by atoms with van der Waals surface area (Å²) in [5.74, 6) is 0. The van der Waals surface area contributed by atoms with Crippen LogP contribution in [-0.2, 0) is 0 Å². The maximum absolute atomic E-state index is 6.36. The number of rotatable bonds is 2. The van der Waals surface area contributed by atoms with Crippen molar-refractivity contribution in [3.8, 4) is 16.8 Å². The van der Waals surface area contributed by atoms with Crippen LogP contribution in [0.5, 0.6) is 0 Å². The molecule has 0 aliphatic rings. The van der Waals surface area contributed by atoms with Crippen LogP contribution < -0.4 is 0 Å². The van der Waals surface area contributed by atoms with Crippen molar-refractivity contribution in [1.29, 1.82) is 0 Å². The van der Waals surface area contributed by atoms with Gasteiger partial charge in [-0.05, 0) is 92.0 Å². The molecule has 0 saturated carbocycles. The van der Waals surface area contributed by atoms with Gasteiger partial charge in [0.15, 0.2) is 0 Å². The molecule has 2 heteroatoms. The Morgan fingerprint density at radius 2 is 0.750 bits per heavy atom. The van der Waals surface area contributed by atoms with E-state index in [1.807, 2.05) is 0 Å². The van der Waals surface area contributed by atoms with Crippen LogP contribution in [-0.4, -0.2) is 4.57 Å². The highest BCUT2D eigenvalue weighted by atomic mass is 16.3. The third-order valence-electron chi connectivity index (χ3n) is 9.37. The summed E-state index contributed by atoms with van der Waals surface area (Å²) < 4.78 is 8.72. The molecule has 0 saturated heterocycles.